The highest BCUT2D eigenvalue weighted by atomic mass is 32.2. The van der Waals surface area contributed by atoms with Crippen molar-refractivity contribution in [3.8, 4) is 0 Å². The molecule has 1 atom stereocenters. The van der Waals surface area contributed by atoms with Crippen LogP contribution in [0.5, 0.6) is 0 Å². The number of hydrogen-bond acceptors (Lipinski definition) is 4. The largest absolute Gasteiger partial charge is 0.353 e. The third-order valence-corrected chi connectivity index (χ3v) is 5.31. The normalized spacial score (nSPS) is 20.7. The van der Waals surface area contributed by atoms with Gasteiger partial charge in [0.1, 0.15) is 6.04 Å². The highest BCUT2D eigenvalue weighted by Crippen LogP contribution is 2.22. The van der Waals surface area contributed by atoms with Crippen LogP contribution >= 0.6 is 0 Å². The molecule has 0 aliphatic carbocycles. The van der Waals surface area contributed by atoms with Crippen LogP contribution in [0.3, 0.4) is 0 Å². The van der Waals surface area contributed by atoms with Gasteiger partial charge >= 0.3 is 0 Å². The van der Waals surface area contributed by atoms with E-state index in [0.717, 1.165) is 5.56 Å². The molecule has 1 aromatic carbocycles. The third kappa shape index (κ3) is 2.70. The van der Waals surface area contributed by atoms with Crippen LogP contribution in [0, 0.1) is 0 Å². The van der Waals surface area contributed by atoms with Crippen molar-refractivity contribution in [1.82, 2.24) is 9.62 Å². The molecule has 0 radical (unpaired) electrons. The molecule has 1 heterocycles. The van der Waals surface area contributed by atoms with Gasteiger partial charge in [0.05, 0.1) is 4.90 Å². The van der Waals surface area contributed by atoms with Gasteiger partial charge in [-0.25, -0.2) is 8.42 Å². The highest BCUT2D eigenvalue weighted by molar-refractivity contribution is 7.89. The zero-order valence-corrected chi connectivity index (χ0v) is 12.2. The molecule has 1 saturated heterocycles. The molecule has 7 heteroatoms. The average Bonchev–Trinajstić information content (AvgIpc) is 2.47. The summed E-state index contributed by atoms with van der Waals surface area (Å²) in [5.74, 6) is -0.239. The van der Waals surface area contributed by atoms with Crippen molar-refractivity contribution in [2.75, 3.05) is 13.1 Å². The molecule has 1 amide bonds. The van der Waals surface area contributed by atoms with E-state index in [1.807, 2.05) is 0 Å². The molecule has 0 bridgehead atoms. The summed E-state index contributed by atoms with van der Waals surface area (Å²) in [7, 11) is -3.67. The number of nitrogens with two attached hydrogens (primary N) is 1. The Labute approximate surface area is 119 Å². The second kappa shape index (κ2) is 5.90. The van der Waals surface area contributed by atoms with Crippen LogP contribution in [0.25, 0.3) is 0 Å². The molecule has 1 aromatic rings. The summed E-state index contributed by atoms with van der Waals surface area (Å²) in [6, 6.07) is 5.90. The molecule has 0 spiro atoms. The summed E-state index contributed by atoms with van der Waals surface area (Å²) in [5.41, 5.74) is 6.29. The molecule has 6 nitrogen and oxygen atoms in total. The van der Waals surface area contributed by atoms with Gasteiger partial charge in [-0.15, -0.1) is 0 Å². The average molecular weight is 297 g/mol. The Hall–Kier alpha value is -1.44. The van der Waals surface area contributed by atoms with E-state index in [1.165, 1.54) is 10.4 Å². The van der Waals surface area contributed by atoms with Crippen molar-refractivity contribution in [3.05, 3.63) is 29.8 Å². The van der Waals surface area contributed by atoms with Crippen molar-refractivity contribution in [3.63, 3.8) is 0 Å². The van der Waals surface area contributed by atoms with Crippen LogP contribution in [0.15, 0.2) is 29.2 Å². The summed E-state index contributed by atoms with van der Waals surface area (Å²) in [5, 5.41) is 2.69. The zero-order valence-electron chi connectivity index (χ0n) is 11.4. The van der Waals surface area contributed by atoms with Crippen molar-refractivity contribution in [2.24, 2.45) is 5.73 Å². The molecule has 1 unspecified atom stereocenters. The maximum Gasteiger partial charge on any atom is 0.243 e. The van der Waals surface area contributed by atoms with E-state index in [1.54, 1.807) is 25.1 Å². The molecule has 3 N–H and O–H groups in total. The molecule has 1 aliphatic heterocycles. The summed E-state index contributed by atoms with van der Waals surface area (Å²) in [6.07, 6.45) is 0.446. The number of amides is 1. The summed E-state index contributed by atoms with van der Waals surface area (Å²) in [4.78, 5) is 12.0. The lowest BCUT2D eigenvalue weighted by Gasteiger charge is -2.33. The maximum absolute atomic E-state index is 12.7. The summed E-state index contributed by atoms with van der Waals surface area (Å²) in [6.45, 7) is 2.71. The van der Waals surface area contributed by atoms with Gasteiger partial charge in [-0.2, -0.15) is 4.31 Å². The Morgan fingerprint density at radius 3 is 2.85 bits per heavy atom. The number of carbonyl (C=O) groups is 1. The Morgan fingerprint density at radius 1 is 1.45 bits per heavy atom. The standard InChI is InChI=1S/C13H19N3O3S/c1-2-12-13(17)15-6-7-16(12)20(18,19)11-5-3-4-10(8-11)9-14/h3-5,8,12H,2,6-7,9,14H2,1H3,(H,15,17). The van der Waals surface area contributed by atoms with Crippen molar-refractivity contribution < 1.29 is 13.2 Å². The first-order valence-electron chi connectivity index (χ1n) is 6.59. The van der Waals surface area contributed by atoms with E-state index >= 15 is 0 Å². The minimum absolute atomic E-state index is 0.189. The monoisotopic (exact) mass is 297 g/mol. The fourth-order valence-corrected chi connectivity index (χ4v) is 4.07. The van der Waals surface area contributed by atoms with E-state index in [4.69, 9.17) is 5.73 Å². The van der Waals surface area contributed by atoms with Crippen LogP contribution in [0.2, 0.25) is 0 Å². The Morgan fingerprint density at radius 2 is 2.20 bits per heavy atom. The second-order valence-electron chi connectivity index (χ2n) is 4.68. The molecule has 0 saturated carbocycles. The predicted molar refractivity (Wildman–Crippen MR) is 75.3 cm³/mol. The molecule has 1 aliphatic rings. The quantitative estimate of drug-likeness (QED) is 0.821. The minimum Gasteiger partial charge on any atom is -0.353 e. The number of nitrogens with one attached hydrogen (secondary N) is 1. The topological polar surface area (TPSA) is 92.5 Å². The zero-order chi connectivity index (χ0) is 14.8. The van der Waals surface area contributed by atoms with E-state index < -0.39 is 16.1 Å². The fraction of sp³-hybridized carbons (Fsp3) is 0.462. The number of rotatable bonds is 4. The Kier molecular flexibility index (Phi) is 4.42. The van der Waals surface area contributed by atoms with Crippen LogP contribution < -0.4 is 11.1 Å². The fourth-order valence-electron chi connectivity index (χ4n) is 2.34. The predicted octanol–water partition coefficient (Wildman–Crippen LogP) is 0.0444. The molecule has 1 fully saturated rings. The van der Waals surface area contributed by atoms with Crippen LogP contribution in [0.1, 0.15) is 18.9 Å². The lowest BCUT2D eigenvalue weighted by atomic mass is 10.2. The van der Waals surface area contributed by atoms with Crippen molar-refractivity contribution in [1.29, 1.82) is 0 Å². The van der Waals surface area contributed by atoms with Gasteiger partial charge < -0.3 is 11.1 Å². The Balaban J connectivity index is 2.40. The number of carbonyl (C=O) groups excluding carboxylic acids is 1. The molecule has 0 aromatic heterocycles. The molecular formula is C13H19N3O3S. The third-order valence-electron chi connectivity index (χ3n) is 3.41. The van der Waals surface area contributed by atoms with Gasteiger partial charge in [-0.05, 0) is 24.1 Å². The second-order valence-corrected chi connectivity index (χ2v) is 6.57. The lowest BCUT2D eigenvalue weighted by molar-refractivity contribution is -0.126. The van der Waals surface area contributed by atoms with Gasteiger partial charge in [0.15, 0.2) is 0 Å². The number of hydrogen-bond donors (Lipinski definition) is 2. The van der Waals surface area contributed by atoms with E-state index in [0.29, 0.717) is 19.5 Å². The van der Waals surface area contributed by atoms with E-state index in [-0.39, 0.29) is 17.3 Å². The first-order chi connectivity index (χ1) is 9.50. The SMILES string of the molecule is CCC1C(=O)NCCN1S(=O)(=O)c1cccc(CN)c1. The van der Waals surface area contributed by atoms with Crippen LogP contribution in [0.4, 0.5) is 0 Å². The Bertz CT molecular complexity index is 601. The molecule has 110 valence electrons. The lowest BCUT2D eigenvalue weighted by Crippen LogP contribution is -2.56. The van der Waals surface area contributed by atoms with E-state index in [9.17, 15) is 13.2 Å². The number of benzene rings is 1. The first-order valence-corrected chi connectivity index (χ1v) is 8.03. The van der Waals surface area contributed by atoms with Gasteiger partial charge in [0.25, 0.3) is 0 Å². The van der Waals surface area contributed by atoms with Gasteiger partial charge in [-0.1, -0.05) is 19.1 Å². The van der Waals surface area contributed by atoms with Crippen LogP contribution in [-0.4, -0.2) is 37.8 Å². The summed E-state index contributed by atoms with van der Waals surface area (Å²) >= 11 is 0. The first kappa shape index (κ1) is 15.0. The van der Waals surface area contributed by atoms with Gasteiger partial charge in [-0.3, -0.25) is 4.79 Å². The molecule has 2 rings (SSSR count). The summed E-state index contributed by atoms with van der Waals surface area (Å²) < 4.78 is 26.6. The van der Waals surface area contributed by atoms with Crippen molar-refractivity contribution in [2.45, 2.75) is 30.8 Å². The smallest absolute Gasteiger partial charge is 0.243 e. The van der Waals surface area contributed by atoms with Gasteiger partial charge in [0.2, 0.25) is 15.9 Å². The number of piperazine rings is 1. The minimum atomic E-state index is -3.67. The van der Waals surface area contributed by atoms with Gasteiger partial charge in [0, 0.05) is 19.6 Å². The maximum atomic E-state index is 12.7. The highest BCUT2D eigenvalue weighted by Gasteiger charge is 2.37. The molecular weight excluding hydrogens is 278 g/mol. The van der Waals surface area contributed by atoms with Crippen molar-refractivity contribution >= 4 is 15.9 Å². The number of nitrogens with zero attached hydrogens (tertiary/aromatic N) is 1. The van der Waals surface area contributed by atoms with E-state index in [2.05, 4.69) is 5.32 Å². The van der Waals surface area contributed by atoms with Crippen LogP contribution in [-0.2, 0) is 21.4 Å². The molecule has 20 heavy (non-hydrogen) atoms. The number of sulfonamides is 1.